The number of likely N-dealkylation sites (tertiary alicyclic amines) is 1. The third-order valence-electron chi connectivity index (χ3n) is 2.50. The smallest absolute Gasteiger partial charge is 0.223 e. The molecule has 0 aromatic heterocycles. The van der Waals surface area contributed by atoms with Gasteiger partial charge >= 0.3 is 0 Å². The Morgan fingerprint density at radius 2 is 2.36 bits per heavy atom. The lowest BCUT2D eigenvalue weighted by atomic mass is 10.1. The molecule has 0 aromatic carbocycles. The Morgan fingerprint density at radius 1 is 1.71 bits per heavy atom. The molecule has 3 unspecified atom stereocenters. The zero-order valence-corrected chi connectivity index (χ0v) is 9.42. The summed E-state index contributed by atoms with van der Waals surface area (Å²) in [6, 6.07) is 0.0184. The first-order chi connectivity index (χ1) is 6.54. The van der Waals surface area contributed by atoms with Gasteiger partial charge in [-0.3, -0.25) is 9.00 Å². The van der Waals surface area contributed by atoms with E-state index in [1.807, 2.05) is 6.92 Å². The van der Waals surface area contributed by atoms with Crippen LogP contribution in [0.1, 0.15) is 13.3 Å². The van der Waals surface area contributed by atoms with E-state index < -0.39 is 10.8 Å². The summed E-state index contributed by atoms with van der Waals surface area (Å²) < 4.78 is 11.0. The van der Waals surface area contributed by atoms with Crippen molar-refractivity contribution in [3.63, 3.8) is 0 Å². The number of carbonyl (C=O) groups excluding carboxylic acids is 1. The number of hydrogen-bond acceptors (Lipinski definition) is 3. The van der Waals surface area contributed by atoms with E-state index in [0.717, 1.165) is 0 Å². The minimum atomic E-state index is -0.876. The molecule has 5 heteroatoms. The highest BCUT2D eigenvalue weighted by Gasteiger charge is 2.32. The van der Waals surface area contributed by atoms with E-state index in [-0.39, 0.29) is 24.5 Å². The van der Waals surface area contributed by atoms with Crippen molar-refractivity contribution in [3.05, 3.63) is 0 Å². The van der Waals surface area contributed by atoms with Crippen LogP contribution in [-0.2, 0) is 15.6 Å². The van der Waals surface area contributed by atoms with Gasteiger partial charge in [0.05, 0.1) is 0 Å². The number of rotatable bonds is 4. The molecule has 0 saturated carbocycles. The third-order valence-corrected chi connectivity index (χ3v) is 3.46. The molecule has 3 atom stereocenters. The largest absolute Gasteiger partial charge is 0.396 e. The molecule has 0 aromatic rings. The third kappa shape index (κ3) is 2.78. The highest BCUT2D eigenvalue weighted by molar-refractivity contribution is 7.84. The molecule has 1 heterocycles. The fourth-order valence-corrected chi connectivity index (χ4v) is 2.65. The van der Waals surface area contributed by atoms with Crippen molar-refractivity contribution in [1.29, 1.82) is 0 Å². The van der Waals surface area contributed by atoms with Gasteiger partial charge in [0.2, 0.25) is 5.91 Å². The number of carbonyl (C=O) groups is 1. The van der Waals surface area contributed by atoms with Crippen LogP contribution in [0.25, 0.3) is 0 Å². The first kappa shape index (κ1) is 11.7. The lowest BCUT2D eigenvalue weighted by molar-refractivity contribution is -0.129. The van der Waals surface area contributed by atoms with Crippen LogP contribution in [0.5, 0.6) is 0 Å². The second-order valence-corrected chi connectivity index (χ2v) is 5.37. The minimum absolute atomic E-state index is 0.0184. The predicted molar refractivity (Wildman–Crippen MR) is 55.3 cm³/mol. The summed E-state index contributed by atoms with van der Waals surface area (Å²) in [5.74, 6) is 0.654. The fraction of sp³-hybridized carbons (Fsp3) is 0.889. The van der Waals surface area contributed by atoms with Crippen LogP contribution in [0.4, 0.5) is 0 Å². The van der Waals surface area contributed by atoms with Gasteiger partial charge in [-0.15, -0.1) is 0 Å². The van der Waals surface area contributed by atoms with Crippen LogP contribution in [-0.4, -0.2) is 51.3 Å². The zero-order valence-electron chi connectivity index (χ0n) is 8.60. The van der Waals surface area contributed by atoms with E-state index in [9.17, 15) is 9.00 Å². The molecule has 1 saturated heterocycles. The van der Waals surface area contributed by atoms with E-state index >= 15 is 0 Å². The van der Waals surface area contributed by atoms with E-state index in [2.05, 4.69) is 0 Å². The van der Waals surface area contributed by atoms with Crippen LogP contribution < -0.4 is 0 Å². The molecular weight excluding hydrogens is 202 g/mol. The van der Waals surface area contributed by atoms with Gasteiger partial charge < -0.3 is 10.0 Å². The monoisotopic (exact) mass is 219 g/mol. The Labute approximate surface area is 86.7 Å². The summed E-state index contributed by atoms with van der Waals surface area (Å²) >= 11 is 0. The maximum absolute atomic E-state index is 11.5. The zero-order chi connectivity index (χ0) is 10.7. The van der Waals surface area contributed by atoms with E-state index in [1.54, 1.807) is 11.2 Å². The van der Waals surface area contributed by atoms with E-state index in [4.69, 9.17) is 5.11 Å². The second kappa shape index (κ2) is 4.89. The van der Waals surface area contributed by atoms with Crippen LogP contribution in [0.2, 0.25) is 0 Å². The standard InChI is InChI=1S/C9H17NO3S/c1-7(6-14(2)13)10-4-8(5-11)3-9(10)12/h7-8,11H,3-6H2,1-2H3. The first-order valence-corrected chi connectivity index (χ1v) is 6.47. The van der Waals surface area contributed by atoms with Crippen molar-refractivity contribution in [3.8, 4) is 0 Å². The van der Waals surface area contributed by atoms with Crippen LogP contribution in [0.3, 0.4) is 0 Å². The molecule has 1 fully saturated rings. The minimum Gasteiger partial charge on any atom is -0.396 e. The molecule has 4 nitrogen and oxygen atoms in total. The van der Waals surface area contributed by atoms with Gasteiger partial charge in [0.1, 0.15) is 0 Å². The highest BCUT2D eigenvalue weighted by Crippen LogP contribution is 2.19. The summed E-state index contributed by atoms with van der Waals surface area (Å²) in [5.41, 5.74) is 0. The van der Waals surface area contributed by atoms with E-state index in [1.165, 1.54) is 0 Å². The summed E-state index contributed by atoms with van der Waals surface area (Å²) in [5, 5.41) is 8.93. The van der Waals surface area contributed by atoms with Gasteiger partial charge in [-0.05, 0) is 6.92 Å². The van der Waals surface area contributed by atoms with Crippen LogP contribution >= 0.6 is 0 Å². The van der Waals surface area contributed by atoms with Gasteiger partial charge in [-0.2, -0.15) is 0 Å². The average molecular weight is 219 g/mol. The highest BCUT2D eigenvalue weighted by atomic mass is 32.2. The molecule has 0 spiro atoms. The summed E-state index contributed by atoms with van der Waals surface area (Å²) in [6.45, 7) is 2.57. The number of hydrogen-bond donors (Lipinski definition) is 1. The Balaban J connectivity index is 2.52. The lowest BCUT2D eigenvalue weighted by Crippen LogP contribution is -2.38. The SMILES string of the molecule is CC(CS(C)=O)N1CC(CO)CC1=O. The summed E-state index contributed by atoms with van der Waals surface area (Å²) in [7, 11) is -0.876. The van der Waals surface area contributed by atoms with Gasteiger partial charge in [0.25, 0.3) is 0 Å². The maximum atomic E-state index is 11.5. The van der Waals surface area contributed by atoms with Gasteiger partial charge in [-0.1, -0.05) is 0 Å². The number of nitrogens with zero attached hydrogens (tertiary/aromatic N) is 1. The average Bonchev–Trinajstić information content (AvgIpc) is 2.45. The molecular formula is C9H17NO3S. The number of aliphatic hydroxyl groups is 1. The molecule has 0 aliphatic carbocycles. The molecule has 82 valence electrons. The Morgan fingerprint density at radius 3 is 2.79 bits per heavy atom. The Kier molecular flexibility index (Phi) is 4.07. The first-order valence-electron chi connectivity index (χ1n) is 4.75. The van der Waals surface area contributed by atoms with Crippen molar-refractivity contribution in [2.75, 3.05) is 25.2 Å². The van der Waals surface area contributed by atoms with Gasteiger partial charge in [-0.25, -0.2) is 0 Å². The molecule has 14 heavy (non-hydrogen) atoms. The van der Waals surface area contributed by atoms with Crippen LogP contribution in [0.15, 0.2) is 0 Å². The fourth-order valence-electron chi connectivity index (χ4n) is 1.79. The maximum Gasteiger partial charge on any atom is 0.223 e. The molecule has 1 rings (SSSR count). The molecule has 1 aliphatic heterocycles. The summed E-state index contributed by atoms with van der Waals surface area (Å²) in [4.78, 5) is 13.2. The molecule has 0 radical (unpaired) electrons. The van der Waals surface area contributed by atoms with Crippen molar-refractivity contribution < 1.29 is 14.1 Å². The second-order valence-electron chi connectivity index (χ2n) is 3.89. The molecule has 1 N–H and O–H groups in total. The number of amides is 1. The Hall–Kier alpha value is -0.420. The van der Waals surface area contributed by atoms with E-state index in [0.29, 0.717) is 18.7 Å². The van der Waals surface area contributed by atoms with Gasteiger partial charge in [0.15, 0.2) is 0 Å². The molecule has 1 aliphatic rings. The topological polar surface area (TPSA) is 57.6 Å². The normalized spacial score (nSPS) is 26.6. The van der Waals surface area contributed by atoms with Crippen molar-refractivity contribution in [2.24, 2.45) is 5.92 Å². The molecule has 1 amide bonds. The lowest BCUT2D eigenvalue weighted by Gasteiger charge is -2.23. The van der Waals surface area contributed by atoms with Crippen LogP contribution in [0, 0.1) is 5.92 Å². The van der Waals surface area contributed by atoms with Crippen molar-refractivity contribution in [1.82, 2.24) is 4.90 Å². The molecule has 0 bridgehead atoms. The quantitative estimate of drug-likeness (QED) is 0.699. The van der Waals surface area contributed by atoms with Gasteiger partial charge in [0, 0.05) is 54.3 Å². The predicted octanol–water partition coefficient (Wildman–Crippen LogP) is -0.406. The van der Waals surface area contributed by atoms with Crippen molar-refractivity contribution in [2.45, 2.75) is 19.4 Å². The number of aliphatic hydroxyl groups excluding tert-OH is 1. The summed E-state index contributed by atoms with van der Waals surface area (Å²) in [6.07, 6.45) is 2.07. The van der Waals surface area contributed by atoms with Crippen molar-refractivity contribution >= 4 is 16.7 Å². The Bertz CT molecular complexity index is 244.